The van der Waals surface area contributed by atoms with E-state index in [1.807, 2.05) is 55.5 Å². The smallest absolute Gasteiger partial charge is 0.267 e. The molecule has 0 atom stereocenters. The van der Waals surface area contributed by atoms with Gasteiger partial charge in [0.05, 0.1) is 16.2 Å². The average molecular weight is 492 g/mol. The van der Waals surface area contributed by atoms with Gasteiger partial charge in [0.25, 0.3) is 11.8 Å². The number of rotatable bonds is 4. The van der Waals surface area contributed by atoms with Crippen molar-refractivity contribution >= 4 is 63.0 Å². The fourth-order valence-electron chi connectivity index (χ4n) is 4.91. The summed E-state index contributed by atoms with van der Waals surface area (Å²) in [4.78, 5) is 43.4. The zero-order valence-corrected chi connectivity index (χ0v) is 20.5. The Morgan fingerprint density at radius 3 is 2.59 bits per heavy atom. The van der Waals surface area contributed by atoms with Gasteiger partial charge in [-0.2, -0.15) is 0 Å². The second-order valence-electron chi connectivity index (χ2n) is 8.87. The van der Waals surface area contributed by atoms with E-state index < -0.39 is 0 Å². The van der Waals surface area contributed by atoms with Crippen LogP contribution in [0, 0.1) is 6.92 Å². The van der Waals surface area contributed by atoms with E-state index >= 15 is 0 Å². The number of fused-ring (bicyclic) bond motifs is 1. The van der Waals surface area contributed by atoms with Crippen LogP contribution in [-0.4, -0.2) is 39.5 Å². The lowest BCUT2D eigenvalue weighted by atomic mass is 9.94. The van der Waals surface area contributed by atoms with Crippen LogP contribution in [0.2, 0.25) is 0 Å². The first kappa shape index (κ1) is 22.8. The molecule has 34 heavy (non-hydrogen) atoms. The van der Waals surface area contributed by atoms with E-state index in [-0.39, 0.29) is 30.3 Å². The molecule has 6 nitrogen and oxygen atoms in total. The topological polar surface area (TPSA) is 69.7 Å². The van der Waals surface area contributed by atoms with Crippen LogP contribution in [0.5, 0.6) is 0 Å². The molecule has 0 unspecified atom stereocenters. The van der Waals surface area contributed by atoms with Gasteiger partial charge in [0.15, 0.2) is 0 Å². The highest BCUT2D eigenvalue weighted by Crippen LogP contribution is 2.45. The van der Waals surface area contributed by atoms with Crippen LogP contribution in [-0.2, 0) is 14.4 Å². The molecule has 0 bridgehead atoms. The van der Waals surface area contributed by atoms with Crippen LogP contribution in [0.3, 0.4) is 0 Å². The summed E-state index contributed by atoms with van der Waals surface area (Å²) in [6, 6.07) is 14.9. The highest BCUT2D eigenvalue weighted by molar-refractivity contribution is 8.26. The third kappa shape index (κ3) is 4.16. The van der Waals surface area contributed by atoms with Crippen molar-refractivity contribution in [1.82, 2.24) is 4.90 Å². The van der Waals surface area contributed by atoms with Crippen molar-refractivity contribution in [2.24, 2.45) is 0 Å². The molecule has 1 aliphatic carbocycles. The molecule has 1 N–H and O–H groups in total. The van der Waals surface area contributed by atoms with Crippen molar-refractivity contribution in [1.29, 1.82) is 0 Å². The van der Waals surface area contributed by atoms with E-state index in [2.05, 4.69) is 5.32 Å². The number of hydrogen-bond donors (Lipinski definition) is 1. The quantitative estimate of drug-likeness (QED) is 0.487. The van der Waals surface area contributed by atoms with Crippen LogP contribution in [0.15, 0.2) is 53.4 Å². The van der Waals surface area contributed by atoms with Crippen LogP contribution in [0.1, 0.15) is 43.2 Å². The Morgan fingerprint density at radius 2 is 1.82 bits per heavy atom. The molecule has 1 saturated heterocycles. The molecule has 8 heteroatoms. The number of thioether (sulfide) groups is 1. The Balaban J connectivity index is 1.44. The Labute approximate surface area is 208 Å². The third-order valence-corrected chi connectivity index (χ3v) is 7.89. The van der Waals surface area contributed by atoms with Gasteiger partial charge in [-0.3, -0.25) is 24.2 Å². The van der Waals surface area contributed by atoms with Gasteiger partial charge in [0.2, 0.25) is 5.91 Å². The lowest BCUT2D eigenvalue weighted by Gasteiger charge is -2.29. The molecule has 2 fully saturated rings. The molecule has 2 aliphatic heterocycles. The van der Waals surface area contributed by atoms with Crippen LogP contribution in [0.25, 0.3) is 5.57 Å². The zero-order valence-electron chi connectivity index (χ0n) is 18.9. The van der Waals surface area contributed by atoms with E-state index in [0.29, 0.717) is 31.7 Å². The molecule has 5 rings (SSSR count). The van der Waals surface area contributed by atoms with Crippen molar-refractivity contribution in [2.45, 2.75) is 45.1 Å². The summed E-state index contributed by atoms with van der Waals surface area (Å²) in [6.07, 6.45) is 5.21. The summed E-state index contributed by atoms with van der Waals surface area (Å²) < 4.78 is 0.514. The molecule has 1 saturated carbocycles. The summed E-state index contributed by atoms with van der Waals surface area (Å²) >= 11 is 6.78. The van der Waals surface area contributed by atoms with E-state index in [9.17, 15) is 14.4 Å². The van der Waals surface area contributed by atoms with Crippen molar-refractivity contribution in [3.05, 3.63) is 64.6 Å². The molecular weight excluding hydrogens is 466 g/mol. The molecule has 0 radical (unpaired) electrons. The summed E-state index contributed by atoms with van der Waals surface area (Å²) in [7, 11) is 0. The second-order valence-corrected chi connectivity index (χ2v) is 10.5. The van der Waals surface area contributed by atoms with Gasteiger partial charge >= 0.3 is 0 Å². The largest absolute Gasteiger partial charge is 0.325 e. The number of hydrogen-bond acceptors (Lipinski definition) is 5. The van der Waals surface area contributed by atoms with Crippen molar-refractivity contribution in [3.8, 4) is 0 Å². The molecule has 0 spiro atoms. The Kier molecular flexibility index (Phi) is 6.27. The predicted octanol–water partition coefficient (Wildman–Crippen LogP) is 4.88. The fraction of sp³-hybridized carbons (Fsp3) is 0.308. The van der Waals surface area contributed by atoms with Gasteiger partial charge < -0.3 is 5.32 Å². The van der Waals surface area contributed by atoms with Gasteiger partial charge in [0, 0.05) is 17.3 Å². The molecule has 3 aliphatic rings. The molecular formula is C26H25N3O3S2. The lowest BCUT2D eigenvalue weighted by Crippen LogP contribution is -2.40. The second kappa shape index (κ2) is 9.35. The summed E-state index contributed by atoms with van der Waals surface area (Å²) in [5, 5.41) is 2.86. The number of amides is 3. The minimum absolute atomic E-state index is 0.0994. The number of nitrogens with zero attached hydrogens (tertiary/aromatic N) is 2. The standard InChI is InChI=1S/C26H25N3O3S2/c1-16-8-7-9-17(14-16)27-21(30)15-28-20-13-6-5-12-19(20)22(24(28)31)23-25(32)29(26(33)34-23)18-10-3-2-4-11-18/h5-9,12-14,18H,2-4,10-11,15H2,1H3,(H,27,30). The molecule has 2 aromatic carbocycles. The number of thiocarbonyl (C=S) groups is 1. The summed E-state index contributed by atoms with van der Waals surface area (Å²) in [5.41, 5.74) is 3.35. The number of benzene rings is 2. The number of carbonyl (C=O) groups is 3. The number of carbonyl (C=O) groups excluding carboxylic acids is 3. The average Bonchev–Trinajstić information content (AvgIpc) is 3.26. The molecule has 2 aromatic rings. The highest BCUT2D eigenvalue weighted by Gasteiger charge is 2.44. The number of para-hydroxylation sites is 1. The minimum atomic E-state index is -0.343. The Hall–Kier alpha value is -2.97. The number of anilines is 2. The summed E-state index contributed by atoms with van der Waals surface area (Å²) in [5.74, 6) is -0.833. The molecule has 3 amide bonds. The number of aryl methyl sites for hydroxylation is 1. The normalized spacial score (nSPS) is 20.8. The van der Waals surface area contributed by atoms with Gasteiger partial charge in [-0.15, -0.1) is 0 Å². The minimum Gasteiger partial charge on any atom is -0.325 e. The van der Waals surface area contributed by atoms with Crippen molar-refractivity contribution in [2.75, 3.05) is 16.8 Å². The SMILES string of the molecule is Cc1cccc(NC(=O)CN2C(=O)C(=C3SC(=S)N(C4CCCCC4)C3=O)c3ccccc32)c1. The highest BCUT2D eigenvalue weighted by atomic mass is 32.2. The zero-order chi connectivity index (χ0) is 23.8. The van der Waals surface area contributed by atoms with E-state index in [0.717, 1.165) is 31.2 Å². The maximum atomic E-state index is 13.6. The van der Waals surface area contributed by atoms with E-state index in [1.165, 1.54) is 23.1 Å². The van der Waals surface area contributed by atoms with Crippen molar-refractivity contribution in [3.63, 3.8) is 0 Å². The number of nitrogens with one attached hydrogen (secondary N) is 1. The first-order valence-corrected chi connectivity index (χ1v) is 12.7. The van der Waals surface area contributed by atoms with Gasteiger partial charge in [-0.05, 0) is 43.5 Å². The first-order chi connectivity index (χ1) is 16.4. The van der Waals surface area contributed by atoms with Crippen LogP contribution < -0.4 is 10.2 Å². The van der Waals surface area contributed by atoms with Crippen LogP contribution >= 0.6 is 24.0 Å². The van der Waals surface area contributed by atoms with E-state index in [4.69, 9.17) is 12.2 Å². The summed E-state index contributed by atoms with van der Waals surface area (Å²) in [6.45, 7) is 1.81. The van der Waals surface area contributed by atoms with Gasteiger partial charge in [0.1, 0.15) is 10.9 Å². The fourth-order valence-corrected chi connectivity index (χ4v) is 6.38. The van der Waals surface area contributed by atoms with Gasteiger partial charge in [-0.25, -0.2) is 0 Å². The van der Waals surface area contributed by atoms with E-state index in [1.54, 1.807) is 4.90 Å². The third-order valence-electron chi connectivity index (χ3n) is 6.49. The predicted molar refractivity (Wildman–Crippen MR) is 139 cm³/mol. The Bertz CT molecular complexity index is 1230. The Morgan fingerprint density at radius 1 is 1.06 bits per heavy atom. The molecule has 2 heterocycles. The first-order valence-electron chi connectivity index (χ1n) is 11.5. The van der Waals surface area contributed by atoms with Gasteiger partial charge in [-0.1, -0.05) is 73.6 Å². The lowest BCUT2D eigenvalue weighted by molar-refractivity contribution is -0.124. The monoisotopic (exact) mass is 491 g/mol. The van der Waals surface area contributed by atoms with Crippen molar-refractivity contribution < 1.29 is 14.4 Å². The molecule has 0 aromatic heterocycles. The molecule has 174 valence electrons. The van der Waals surface area contributed by atoms with Crippen LogP contribution in [0.4, 0.5) is 11.4 Å². The maximum absolute atomic E-state index is 13.6. The maximum Gasteiger partial charge on any atom is 0.267 e.